The summed E-state index contributed by atoms with van der Waals surface area (Å²) in [6.45, 7) is 21.4. The quantitative estimate of drug-likeness (QED) is 0.0736. The maximum absolute atomic E-state index is 8.73. The smallest absolute Gasteiger partial charge is 0.0704 e. The zero-order chi connectivity index (χ0) is 44.1. The summed E-state index contributed by atoms with van der Waals surface area (Å²) < 4.78 is 70.0. The van der Waals surface area contributed by atoms with E-state index in [9.17, 15) is 0 Å². The molecule has 4 fully saturated rings. The molecule has 4 rings (SSSR count). The van der Waals surface area contributed by atoms with Crippen LogP contribution < -0.4 is 0 Å². The molecule has 0 aliphatic heterocycles. The highest BCUT2D eigenvalue weighted by atomic mass is 16.6. The van der Waals surface area contributed by atoms with Crippen molar-refractivity contribution in [2.75, 3.05) is 159 Å². The molecule has 366 valence electrons. The van der Waals surface area contributed by atoms with Crippen molar-refractivity contribution in [3.63, 3.8) is 0 Å². The van der Waals surface area contributed by atoms with E-state index in [0.717, 1.165) is 6.42 Å². The highest BCUT2D eigenvalue weighted by molar-refractivity contribution is 5.14. The minimum absolute atomic E-state index is 0.0281. The van der Waals surface area contributed by atoms with Gasteiger partial charge in [-0.15, -0.1) is 0 Å². The third kappa shape index (κ3) is 17.6. The molecule has 0 aromatic rings. The number of ether oxygens (including phenoxy) is 12. The van der Waals surface area contributed by atoms with E-state index in [1.165, 1.54) is 57.8 Å². The second kappa shape index (κ2) is 32.2. The van der Waals surface area contributed by atoms with Gasteiger partial charge in [0.1, 0.15) is 0 Å². The first-order valence-electron chi connectivity index (χ1n) is 24.6. The third-order valence-corrected chi connectivity index (χ3v) is 14.7. The number of fused-ring (bicyclic) bond motifs is 5. The van der Waals surface area contributed by atoms with E-state index in [1.807, 2.05) is 0 Å². The van der Waals surface area contributed by atoms with Gasteiger partial charge in [0.05, 0.1) is 171 Å². The summed E-state index contributed by atoms with van der Waals surface area (Å²) in [5.74, 6) is 3.75. The number of aliphatic hydroxyl groups is 2. The molecule has 14 heteroatoms. The summed E-state index contributed by atoms with van der Waals surface area (Å²) in [5.41, 5.74) is 0.441. The Labute approximate surface area is 375 Å². The Morgan fingerprint density at radius 3 is 1.39 bits per heavy atom. The lowest BCUT2D eigenvalue weighted by Gasteiger charge is -2.64. The van der Waals surface area contributed by atoms with Gasteiger partial charge in [-0.1, -0.05) is 53.4 Å². The van der Waals surface area contributed by atoms with Crippen LogP contribution in [0.5, 0.6) is 0 Å². The van der Waals surface area contributed by atoms with Gasteiger partial charge in [-0.25, -0.2) is 0 Å². The molecule has 4 aliphatic rings. The summed E-state index contributed by atoms with van der Waals surface area (Å²) in [6.07, 6.45) is 13.1. The van der Waals surface area contributed by atoms with Crippen molar-refractivity contribution in [3.8, 4) is 0 Å². The summed E-state index contributed by atoms with van der Waals surface area (Å²) in [6, 6.07) is 0. The average Bonchev–Trinajstić information content (AvgIpc) is 3.64. The number of hydrogen-bond acceptors (Lipinski definition) is 14. The third-order valence-electron chi connectivity index (χ3n) is 14.7. The largest absolute Gasteiger partial charge is 0.394 e. The van der Waals surface area contributed by atoms with E-state index in [-0.39, 0.29) is 30.8 Å². The minimum Gasteiger partial charge on any atom is -0.394 e. The summed E-state index contributed by atoms with van der Waals surface area (Å²) >= 11 is 0. The first kappa shape index (κ1) is 54.0. The van der Waals surface area contributed by atoms with Gasteiger partial charge >= 0.3 is 0 Å². The molecule has 0 saturated heterocycles. The standard InChI is InChI=1S/C48H90O14/c1-5-8-39(2)41-10-11-42-46-43(38-45(48(41,42)4)62-36-34-60-32-30-58-28-26-56-24-22-54-20-18-52-16-14-50)47(3)12-7-6-9-40(47)37-44(46)61-35-33-59-31-29-57-27-25-55-23-21-53-19-17-51-15-13-49/h39-46,49-50H,5-38H2,1-4H3/t39-,40+,41-,42+,43+,44-,45+,46+,47+,48-/m1/s1. The second-order valence-electron chi connectivity index (χ2n) is 18.4. The SMILES string of the molecule is CCC[C@@H](C)[C@H]1CC[C@H]2[C@@H]3[C@H](OCCOCCOCCOCCOCCOCCO)C[C@@H]4CCCC[C@]4(C)[C@H]3C[C@H](OCCOCCOCCOCCOCCOCCO)[C@]12C. The average molecular weight is 891 g/mol. The van der Waals surface area contributed by atoms with Crippen molar-refractivity contribution in [3.05, 3.63) is 0 Å². The molecule has 2 N–H and O–H groups in total. The lowest BCUT2D eigenvalue weighted by Crippen LogP contribution is -2.62. The first-order chi connectivity index (χ1) is 30.4. The van der Waals surface area contributed by atoms with Crippen molar-refractivity contribution in [1.82, 2.24) is 0 Å². The summed E-state index contributed by atoms with van der Waals surface area (Å²) in [7, 11) is 0. The highest BCUT2D eigenvalue weighted by Crippen LogP contribution is 2.69. The van der Waals surface area contributed by atoms with Crippen molar-refractivity contribution in [2.24, 2.45) is 46.3 Å². The molecular formula is C48H90O14. The van der Waals surface area contributed by atoms with Gasteiger partial charge in [0.2, 0.25) is 0 Å². The second-order valence-corrected chi connectivity index (χ2v) is 18.4. The number of aliphatic hydroxyl groups excluding tert-OH is 2. The van der Waals surface area contributed by atoms with Crippen LogP contribution in [0.3, 0.4) is 0 Å². The maximum atomic E-state index is 8.73. The molecule has 10 atom stereocenters. The van der Waals surface area contributed by atoms with Gasteiger partial charge in [0, 0.05) is 5.41 Å². The van der Waals surface area contributed by atoms with E-state index in [2.05, 4.69) is 27.7 Å². The topological polar surface area (TPSA) is 151 Å². The van der Waals surface area contributed by atoms with Gasteiger partial charge in [-0.05, 0) is 79.4 Å². The predicted molar refractivity (Wildman–Crippen MR) is 237 cm³/mol. The highest BCUT2D eigenvalue weighted by Gasteiger charge is 2.66. The molecule has 0 unspecified atom stereocenters. The number of rotatable bonds is 39. The lowest BCUT2D eigenvalue weighted by atomic mass is 9.43. The van der Waals surface area contributed by atoms with E-state index in [4.69, 9.17) is 67.1 Å². The van der Waals surface area contributed by atoms with Crippen LogP contribution in [0.4, 0.5) is 0 Å². The Morgan fingerprint density at radius 1 is 0.500 bits per heavy atom. The molecule has 14 nitrogen and oxygen atoms in total. The Hall–Kier alpha value is -0.560. The Kier molecular flexibility index (Phi) is 28.1. The van der Waals surface area contributed by atoms with Crippen molar-refractivity contribution in [2.45, 2.75) is 104 Å². The van der Waals surface area contributed by atoms with Crippen LogP contribution in [0.25, 0.3) is 0 Å². The maximum Gasteiger partial charge on any atom is 0.0704 e. The van der Waals surface area contributed by atoms with Gasteiger partial charge in [0.15, 0.2) is 0 Å². The molecule has 4 aliphatic carbocycles. The molecule has 4 saturated carbocycles. The van der Waals surface area contributed by atoms with Crippen LogP contribution in [0.2, 0.25) is 0 Å². The normalized spacial score (nSPS) is 30.0. The fraction of sp³-hybridized carbons (Fsp3) is 1.00. The minimum atomic E-state index is 0.0281. The number of hydrogen-bond donors (Lipinski definition) is 2. The van der Waals surface area contributed by atoms with Gasteiger partial charge in [0.25, 0.3) is 0 Å². The van der Waals surface area contributed by atoms with Crippen LogP contribution >= 0.6 is 0 Å². The molecule has 0 bridgehead atoms. The van der Waals surface area contributed by atoms with Crippen LogP contribution in [-0.2, 0) is 56.8 Å². The Bertz CT molecular complexity index is 1090. The molecule has 0 spiro atoms. The van der Waals surface area contributed by atoms with Crippen LogP contribution in [0, 0.1) is 46.3 Å². The van der Waals surface area contributed by atoms with E-state index >= 15 is 0 Å². The molecule has 0 amide bonds. The summed E-state index contributed by atoms with van der Waals surface area (Å²) in [5, 5.41) is 17.4. The molecule has 0 heterocycles. The predicted octanol–water partition coefficient (Wildman–Crippen LogP) is 5.61. The van der Waals surface area contributed by atoms with Crippen molar-refractivity contribution >= 4 is 0 Å². The fourth-order valence-corrected chi connectivity index (χ4v) is 11.8. The fourth-order valence-electron chi connectivity index (χ4n) is 11.8. The van der Waals surface area contributed by atoms with Crippen molar-refractivity contribution < 1.29 is 67.1 Å². The lowest BCUT2D eigenvalue weighted by molar-refractivity contribution is -0.224. The molecule has 0 radical (unpaired) electrons. The van der Waals surface area contributed by atoms with Gasteiger partial charge < -0.3 is 67.1 Å². The molecule has 0 aromatic heterocycles. The van der Waals surface area contributed by atoms with E-state index in [0.29, 0.717) is 186 Å². The summed E-state index contributed by atoms with van der Waals surface area (Å²) in [4.78, 5) is 0. The van der Waals surface area contributed by atoms with Gasteiger partial charge in [-0.3, -0.25) is 0 Å². The van der Waals surface area contributed by atoms with Gasteiger partial charge in [-0.2, -0.15) is 0 Å². The molecule has 0 aromatic carbocycles. The van der Waals surface area contributed by atoms with E-state index < -0.39 is 0 Å². The van der Waals surface area contributed by atoms with Crippen molar-refractivity contribution in [1.29, 1.82) is 0 Å². The van der Waals surface area contributed by atoms with Crippen LogP contribution in [0.15, 0.2) is 0 Å². The zero-order valence-corrected chi connectivity index (χ0v) is 39.5. The van der Waals surface area contributed by atoms with E-state index in [1.54, 1.807) is 0 Å². The van der Waals surface area contributed by atoms with Crippen LogP contribution in [-0.4, -0.2) is 181 Å². The molecular weight excluding hydrogens is 801 g/mol. The Morgan fingerprint density at radius 2 is 0.935 bits per heavy atom. The molecule has 62 heavy (non-hydrogen) atoms. The first-order valence-corrected chi connectivity index (χ1v) is 24.6. The monoisotopic (exact) mass is 891 g/mol. The van der Waals surface area contributed by atoms with Crippen LogP contribution in [0.1, 0.15) is 91.9 Å². The zero-order valence-electron chi connectivity index (χ0n) is 39.5. The Balaban J connectivity index is 1.19.